The molecule has 5 amide bonds. The Bertz CT molecular complexity index is 1090. The summed E-state index contributed by atoms with van der Waals surface area (Å²) in [5.41, 5.74) is 0.504. The SMILES string of the molecule is CN(C)C(=O)c1ccc(NC(=O)CN2C(=O)N[C@@](C)(c3ccc(C#N)cc3)C2=O)cc1. The maximum atomic E-state index is 12.9. The smallest absolute Gasteiger partial charge is 0.325 e. The number of carbonyl (C=O) groups excluding carboxylic acids is 4. The van der Waals surface area contributed by atoms with Gasteiger partial charge in [0.25, 0.3) is 11.8 Å². The van der Waals surface area contributed by atoms with Crippen LogP contribution in [0.25, 0.3) is 0 Å². The molecular weight excluding hydrogens is 398 g/mol. The predicted octanol–water partition coefficient (Wildman–Crippen LogP) is 1.67. The molecule has 1 atom stereocenters. The summed E-state index contributed by atoms with van der Waals surface area (Å²) < 4.78 is 0. The molecule has 0 bridgehead atoms. The molecule has 0 unspecified atom stereocenters. The normalized spacial score (nSPS) is 17.7. The fourth-order valence-corrected chi connectivity index (χ4v) is 3.21. The van der Waals surface area contributed by atoms with Crippen molar-refractivity contribution in [3.05, 3.63) is 65.2 Å². The molecule has 31 heavy (non-hydrogen) atoms. The molecule has 0 radical (unpaired) electrons. The van der Waals surface area contributed by atoms with E-state index in [0.717, 1.165) is 4.90 Å². The first-order valence-corrected chi connectivity index (χ1v) is 9.42. The van der Waals surface area contributed by atoms with Gasteiger partial charge in [0, 0.05) is 25.3 Å². The number of hydrogen-bond acceptors (Lipinski definition) is 5. The van der Waals surface area contributed by atoms with E-state index < -0.39 is 29.9 Å². The zero-order valence-electron chi connectivity index (χ0n) is 17.3. The van der Waals surface area contributed by atoms with E-state index in [1.54, 1.807) is 69.6 Å². The molecule has 0 aliphatic carbocycles. The Hall–Kier alpha value is -4.19. The summed E-state index contributed by atoms with van der Waals surface area (Å²) in [6.45, 7) is 1.09. The summed E-state index contributed by atoms with van der Waals surface area (Å²) in [7, 11) is 3.28. The van der Waals surface area contributed by atoms with Gasteiger partial charge in [-0.2, -0.15) is 5.26 Å². The zero-order valence-corrected chi connectivity index (χ0v) is 17.3. The number of benzene rings is 2. The molecule has 1 aliphatic rings. The van der Waals surface area contributed by atoms with Crippen LogP contribution in [0.4, 0.5) is 10.5 Å². The van der Waals surface area contributed by atoms with Crippen molar-refractivity contribution < 1.29 is 19.2 Å². The second-order valence-corrected chi connectivity index (χ2v) is 7.46. The second-order valence-electron chi connectivity index (χ2n) is 7.46. The number of urea groups is 1. The Kier molecular flexibility index (Phi) is 5.75. The molecule has 2 aromatic rings. The number of rotatable bonds is 5. The molecule has 158 valence electrons. The van der Waals surface area contributed by atoms with Crippen LogP contribution in [-0.2, 0) is 15.1 Å². The van der Waals surface area contributed by atoms with Gasteiger partial charge in [-0.1, -0.05) is 12.1 Å². The fourth-order valence-electron chi connectivity index (χ4n) is 3.21. The predicted molar refractivity (Wildman–Crippen MR) is 112 cm³/mol. The van der Waals surface area contributed by atoms with Gasteiger partial charge in [0.2, 0.25) is 5.91 Å². The van der Waals surface area contributed by atoms with E-state index in [0.29, 0.717) is 22.4 Å². The lowest BCUT2D eigenvalue weighted by atomic mass is 9.91. The Morgan fingerprint density at radius 3 is 2.26 bits per heavy atom. The van der Waals surface area contributed by atoms with Crippen molar-refractivity contribution in [2.75, 3.05) is 26.0 Å². The summed E-state index contributed by atoms with van der Waals surface area (Å²) in [4.78, 5) is 51.9. The van der Waals surface area contributed by atoms with Gasteiger partial charge in [-0.25, -0.2) is 4.79 Å². The van der Waals surface area contributed by atoms with Gasteiger partial charge in [0.15, 0.2) is 0 Å². The molecule has 3 rings (SSSR count). The highest BCUT2D eigenvalue weighted by atomic mass is 16.2. The molecule has 2 N–H and O–H groups in total. The summed E-state index contributed by atoms with van der Waals surface area (Å²) in [5, 5.41) is 14.2. The third-order valence-corrected chi connectivity index (χ3v) is 4.99. The van der Waals surface area contributed by atoms with Crippen LogP contribution in [0.15, 0.2) is 48.5 Å². The Morgan fingerprint density at radius 2 is 1.71 bits per heavy atom. The van der Waals surface area contributed by atoms with Crippen molar-refractivity contribution in [2.24, 2.45) is 0 Å². The third kappa shape index (κ3) is 4.23. The molecule has 9 heteroatoms. The number of hydrogen-bond donors (Lipinski definition) is 2. The van der Waals surface area contributed by atoms with E-state index >= 15 is 0 Å². The van der Waals surface area contributed by atoms with E-state index in [4.69, 9.17) is 5.26 Å². The van der Waals surface area contributed by atoms with Gasteiger partial charge in [-0.3, -0.25) is 19.3 Å². The summed E-state index contributed by atoms with van der Waals surface area (Å²) >= 11 is 0. The van der Waals surface area contributed by atoms with Crippen LogP contribution >= 0.6 is 0 Å². The molecule has 9 nitrogen and oxygen atoms in total. The first kappa shape index (κ1) is 21.5. The van der Waals surface area contributed by atoms with Gasteiger partial charge in [0.1, 0.15) is 12.1 Å². The lowest BCUT2D eigenvalue weighted by Gasteiger charge is -2.22. The van der Waals surface area contributed by atoms with Crippen LogP contribution in [0.2, 0.25) is 0 Å². The van der Waals surface area contributed by atoms with Crippen molar-refractivity contribution in [1.82, 2.24) is 15.1 Å². The van der Waals surface area contributed by atoms with Crippen LogP contribution in [-0.4, -0.2) is 54.2 Å². The number of nitrogens with one attached hydrogen (secondary N) is 2. The Morgan fingerprint density at radius 1 is 1.10 bits per heavy atom. The number of amides is 5. The van der Waals surface area contributed by atoms with Crippen molar-refractivity contribution >= 4 is 29.4 Å². The summed E-state index contributed by atoms with van der Waals surface area (Å²) in [6, 6.07) is 13.9. The van der Waals surface area contributed by atoms with Gasteiger partial charge < -0.3 is 15.5 Å². The van der Waals surface area contributed by atoms with Crippen molar-refractivity contribution in [1.29, 1.82) is 5.26 Å². The van der Waals surface area contributed by atoms with Gasteiger partial charge in [-0.05, 0) is 48.9 Å². The van der Waals surface area contributed by atoms with E-state index in [1.165, 1.54) is 4.90 Å². The number of anilines is 1. The summed E-state index contributed by atoms with van der Waals surface area (Å²) in [5.74, 6) is -1.29. The monoisotopic (exact) mass is 419 g/mol. The second kappa shape index (κ2) is 8.28. The minimum atomic E-state index is -1.33. The molecular formula is C22H21N5O4. The maximum absolute atomic E-state index is 12.9. The molecule has 0 spiro atoms. The van der Waals surface area contributed by atoms with Crippen molar-refractivity contribution in [2.45, 2.75) is 12.5 Å². The van der Waals surface area contributed by atoms with E-state index in [1.807, 2.05) is 6.07 Å². The lowest BCUT2D eigenvalue weighted by molar-refractivity contribution is -0.133. The van der Waals surface area contributed by atoms with Crippen molar-refractivity contribution in [3.8, 4) is 6.07 Å². The minimum absolute atomic E-state index is 0.167. The largest absolute Gasteiger partial charge is 0.345 e. The topological polar surface area (TPSA) is 123 Å². The molecule has 1 aliphatic heterocycles. The van der Waals surface area contributed by atoms with Crippen LogP contribution in [0.1, 0.15) is 28.4 Å². The number of carbonyl (C=O) groups is 4. The zero-order chi connectivity index (χ0) is 22.8. The van der Waals surface area contributed by atoms with Crippen LogP contribution < -0.4 is 10.6 Å². The average Bonchev–Trinajstić information content (AvgIpc) is 2.97. The highest BCUT2D eigenvalue weighted by Gasteiger charge is 2.49. The molecule has 1 heterocycles. The van der Waals surface area contributed by atoms with Crippen LogP contribution in [0, 0.1) is 11.3 Å². The van der Waals surface area contributed by atoms with Gasteiger partial charge in [0.05, 0.1) is 11.6 Å². The Labute approximate surface area is 179 Å². The first-order valence-electron chi connectivity index (χ1n) is 9.42. The van der Waals surface area contributed by atoms with E-state index in [9.17, 15) is 19.2 Å². The quantitative estimate of drug-likeness (QED) is 0.714. The van der Waals surface area contributed by atoms with Crippen molar-refractivity contribution in [3.63, 3.8) is 0 Å². The van der Waals surface area contributed by atoms with Gasteiger partial charge in [-0.15, -0.1) is 0 Å². The molecule has 2 aromatic carbocycles. The fraction of sp³-hybridized carbons (Fsp3) is 0.227. The molecule has 0 aromatic heterocycles. The average molecular weight is 419 g/mol. The van der Waals surface area contributed by atoms with Crippen LogP contribution in [0.5, 0.6) is 0 Å². The maximum Gasteiger partial charge on any atom is 0.325 e. The number of imide groups is 1. The standard InChI is InChI=1S/C22H21N5O4/c1-22(16-8-4-14(12-23)5-9-16)20(30)27(21(31)25-22)13-18(28)24-17-10-6-15(7-11-17)19(29)26(2)3/h4-11H,13H2,1-3H3,(H,24,28)(H,25,31)/t22-/m0/s1. The number of nitrogens with zero attached hydrogens (tertiary/aromatic N) is 3. The molecule has 0 saturated carbocycles. The minimum Gasteiger partial charge on any atom is -0.345 e. The molecule has 1 fully saturated rings. The van der Waals surface area contributed by atoms with E-state index in [-0.39, 0.29) is 5.91 Å². The van der Waals surface area contributed by atoms with Crippen LogP contribution in [0.3, 0.4) is 0 Å². The molecule has 1 saturated heterocycles. The Balaban J connectivity index is 1.68. The lowest BCUT2D eigenvalue weighted by Crippen LogP contribution is -2.42. The third-order valence-electron chi connectivity index (χ3n) is 4.99. The van der Waals surface area contributed by atoms with E-state index in [2.05, 4.69) is 10.6 Å². The number of nitriles is 1. The highest BCUT2D eigenvalue weighted by Crippen LogP contribution is 2.29. The summed E-state index contributed by atoms with van der Waals surface area (Å²) in [6.07, 6.45) is 0. The van der Waals surface area contributed by atoms with Gasteiger partial charge >= 0.3 is 6.03 Å². The first-order chi connectivity index (χ1) is 14.7. The highest BCUT2D eigenvalue weighted by molar-refractivity contribution is 6.10.